The van der Waals surface area contributed by atoms with Gasteiger partial charge in [-0.15, -0.1) is 11.3 Å². The van der Waals surface area contributed by atoms with E-state index >= 15 is 0 Å². The van der Waals surface area contributed by atoms with Crippen molar-refractivity contribution in [3.8, 4) is 5.75 Å². The fourth-order valence-corrected chi connectivity index (χ4v) is 5.69. The van der Waals surface area contributed by atoms with Crippen LogP contribution in [0.4, 0.5) is 16.5 Å². The first kappa shape index (κ1) is 25.0. The Bertz CT molecular complexity index is 1220. The standard InChI is InChI=1S/C13H13N3O3S2.C11H16N2O.2H2/c17-12-2-1-8-16(12)10-3-5-11(6-4-10)21(18,19)15-13-14-7-9-20-13;1-14-11-4-2-3-10(9-11)13-7-5-12-6-8-13;;/h3-7,9H,1-2,8H2,(H,14,15);2-4,9,12H,5-8H2,1H3;2*1H. The molecule has 0 atom stereocenters. The summed E-state index contributed by atoms with van der Waals surface area (Å²) in [5, 5.41) is 5.36. The van der Waals surface area contributed by atoms with Crippen LogP contribution in [0.5, 0.6) is 5.75 Å². The lowest BCUT2D eigenvalue weighted by atomic mass is 10.2. The lowest BCUT2D eigenvalue weighted by Gasteiger charge is -2.29. The zero-order valence-corrected chi connectivity index (χ0v) is 21.1. The zero-order valence-electron chi connectivity index (χ0n) is 19.5. The number of sulfonamides is 1. The number of nitrogens with zero attached hydrogens (tertiary/aromatic N) is 3. The molecule has 35 heavy (non-hydrogen) atoms. The quantitative estimate of drug-likeness (QED) is 0.512. The summed E-state index contributed by atoms with van der Waals surface area (Å²) >= 11 is 1.21. The number of nitrogens with one attached hydrogen (secondary N) is 2. The number of thiazole rings is 1. The highest BCUT2D eigenvalue weighted by molar-refractivity contribution is 7.93. The first-order valence-corrected chi connectivity index (χ1v) is 13.7. The van der Waals surface area contributed by atoms with Crippen molar-refractivity contribution in [3.05, 3.63) is 60.1 Å². The van der Waals surface area contributed by atoms with Crippen molar-refractivity contribution in [1.82, 2.24) is 10.3 Å². The van der Waals surface area contributed by atoms with Gasteiger partial charge >= 0.3 is 0 Å². The first-order valence-electron chi connectivity index (χ1n) is 11.4. The van der Waals surface area contributed by atoms with Crippen molar-refractivity contribution < 1.29 is 20.8 Å². The lowest BCUT2D eigenvalue weighted by molar-refractivity contribution is -0.117. The maximum Gasteiger partial charge on any atom is 0.263 e. The van der Waals surface area contributed by atoms with E-state index in [0.717, 1.165) is 44.0 Å². The summed E-state index contributed by atoms with van der Waals surface area (Å²) in [5.74, 6) is 1.01. The average molecular weight is 520 g/mol. The fourth-order valence-electron chi connectivity index (χ4n) is 3.90. The summed E-state index contributed by atoms with van der Waals surface area (Å²) in [4.78, 5) is 19.7. The third-order valence-corrected chi connectivity index (χ3v) is 7.89. The van der Waals surface area contributed by atoms with Crippen LogP contribution in [0.15, 0.2) is 65.0 Å². The van der Waals surface area contributed by atoms with E-state index < -0.39 is 10.0 Å². The molecule has 0 aliphatic carbocycles. The number of ether oxygens (including phenoxy) is 1. The Hall–Kier alpha value is -3.15. The molecule has 0 spiro atoms. The van der Waals surface area contributed by atoms with E-state index in [1.165, 1.54) is 35.4 Å². The van der Waals surface area contributed by atoms with E-state index in [4.69, 9.17) is 4.74 Å². The van der Waals surface area contributed by atoms with E-state index in [1.807, 2.05) is 12.1 Å². The Labute approximate surface area is 212 Å². The highest BCUT2D eigenvalue weighted by Gasteiger charge is 2.22. The van der Waals surface area contributed by atoms with Gasteiger partial charge in [0.05, 0.1) is 12.0 Å². The van der Waals surface area contributed by atoms with Gasteiger partial charge in [-0.25, -0.2) is 13.4 Å². The molecule has 1 aromatic heterocycles. The summed E-state index contributed by atoms with van der Waals surface area (Å²) in [6.45, 7) is 4.97. The van der Waals surface area contributed by atoms with Crippen LogP contribution in [0, 0.1) is 0 Å². The molecule has 0 radical (unpaired) electrons. The van der Waals surface area contributed by atoms with Crippen LogP contribution in [0.25, 0.3) is 0 Å². The Kier molecular flexibility index (Phi) is 8.21. The SMILES string of the molecule is COc1cccc(N2CCNCC2)c1.O=C1CCCN1c1ccc(S(=O)(=O)Nc2nccs2)cc1.[HH].[HH]. The van der Waals surface area contributed by atoms with Gasteiger partial charge in [-0.1, -0.05) is 6.07 Å². The van der Waals surface area contributed by atoms with Gasteiger partial charge in [0.2, 0.25) is 5.91 Å². The highest BCUT2D eigenvalue weighted by atomic mass is 32.2. The van der Waals surface area contributed by atoms with Gasteiger partial charge in [-0.3, -0.25) is 9.52 Å². The fraction of sp³-hybridized carbons (Fsp3) is 0.333. The Morgan fingerprint density at radius 1 is 1.09 bits per heavy atom. The van der Waals surface area contributed by atoms with Crippen LogP contribution in [0.3, 0.4) is 0 Å². The summed E-state index contributed by atoms with van der Waals surface area (Å²) < 4.78 is 32.0. The number of benzene rings is 2. The van der Waals surface area contributed by atoms with Gasteiger partial charge in [0.1, 0.15) is 5.75 Å². The molecular formula is C24H33N5O4S2. The summed E-state index contributed by atoms with van der Waals surface area (Å²) in [7, 11) is -1.94. The molecule has 2 fully saturated rings. The molecule has 5 rings (SSSR count). The number of anilines is 3. The molecule has 9 nitrogen and oxygen atoms in total. The second-order valence-electron chi connectivity index (χ2n) is 8.02. The lowest BCUT2D eigenvalue weighted by Crippen LogP contribution is -2.43. The number of aromatic nitrogens is 1. The Morgan fingerprint density at radius 2 is 1.86 bits per heavy atom. The molecule has 2 aliphatic heterocycles. The van der Waals surface area contributed by atoms with Gasteiger partial charge in [0.25, 0.3) is 10.0 Å². The summed E-state index contributed by atoms with van der Waals surface area (Å²) in [6.07, 6.45) is 2.92. The molecule has 2 aromatic carbocycles. The van der Waals surface area contributed by atoms with Gasteiger partial charge < -0.3 is 19.9 Å². The van der Waals surface area contributed by atoms with Gasteiger partial charge in [0, 0.05) is 71.0 Å². The first-order chi connectivity index (χ1) is 17.0. The second kappa shape index (κ2) is 11.5. The second-order valence-corrected chi connectivity index (χ2v) is 10.6. The minimum Gasteiger partial charge on any atom is -0.497 e. The largest absolute Gasteiger partial charge is 0.497 e. The number of hydrogen-bond acceptors (Lipinski definition) is 8. The minimum atomic E-state index is -3.64. The molecule has 3 heterocycles. The van der Waals surface area contributed by atoms with Crippen molar-refractivity contribution in [1.29, 1.82) is 0 Å². The van der Waals surface area contributed by atoms with E-state index in [0.29, 0.717) is 18.1 Å². The van der Waals surface area contributed by atoms with Crippen LogP contribution in [0.2, 0.25) is 0 Å². The normalized spacial score (nSPS) is 16.0. The van der Waals surface area contributed by atoms with Crippen molar-refractivity contribution in [3.63, 3.8) is 0 Å². The zero-order chi connectivity index (χ0) is 24.7. The molecular weight excluding hydrogens is 486 g/mol. The molecule has 2 aliphatic rings. The van der Waals surface area contributed by atoms with Crippen LogP contribution in [0.1, 0.15) is 15.7 Å². The molecule has 3 aromatic rings. The van der Waals surface area contributed by atoms with Crippen LogP contribution in [-0.2, 0) is 14.8 Å². The Morgan fingerprint density at radius 3 is 2.49 bits per heavy atom. The number of piperazine rings is 1. The Balaban J connectivity index is 0.000000265. The maximum absolute atomic E-state index is 12.2. The topological polar surface area (TPSA) is 104 Å². The van der Waals surface area contributed by atoms with Crippen LogP contribution in [-0.4, -0.2) is 59.1 Å². The molecule has 11 heteroatoms. The number of hydrogen-bond donors (Lipinski definition) is 2. The summed E-state index contributed by atoms with van der Waals surface area (Å²) in [6, 6.07) is 14.5. The molecule has 2 saturated heterocycles. The molecule has 2 N–H and O–H groups in total. The third-order valence-electron chi connectivity index (χ3n) is 5.72. The number of carbonyl (C=O) groups is 1. The average Bonchev–Trinajstić information content (AvgIpc) is 3.56. The van der Waals surface area contributed by atoms with Crippen LogP contribution >= 0.6 is 11.3 Å². The van der Waals surface area contributed by atoms with Crippen LogP contribution < -0.4 is 24.6 Å². The van der Waals surface area contributed by atoms with Gasteiger partial charge in [-0.05, 0) is 42.8 Å². The van der Waals surface area contributed by atoms with Gasteiger partial charge in [-0.2, -0.15) is 0 Å². The number of rotatable bonds is 6. The monoisotopic (exact) mass is 519 g/mol. The number of methoxy groups -OCH3 is 1. The molecule has 0 bridgehead atoms. The van der Waals surface area contributed by atoms with Crippen molar-refractivity contribution >= 4 is 43.8 Å². The highest BCUT2D eigenvalue weighted by Crippen LogP contribution is 2.24. The minimum absolute atomic E-state index is 0. The summed E-state index contributed by atoms with van der Waals surface area (Å²) in [5.41, 5.74) is 1.98. The van der Waals surface area contributed by atoms with Crippen molar-refractivity contribution in [2.24, 2.45) is 0 Å². The number of amides is 1. The molecule has 0 unspecified atom stereocenters. The molecule has 190 valence electrons. The smallest absolute Gasteiger partial charge is 0.263 e. The predicted molar refractivity (Wildman–Crippen MR) is 143 cm³/mol. The third kappa shape index (κ3) is 6.50. The molecule has 1 amide bonds. The van der Waals surface area contributed by atoms with E-state index in [9.17, 15) is 13.2 Å². The van der Waals surface area contributed by atoms with E-state index in [1.54, 1.807) is 29.5 Å². The van der Waals surface area contributed by atoms with E-state index in [-0.39, 0.29) is 13.7 Å². The molecule has 0 saturated carbocycles. The maximum atomic E-state index is 12.2. The van der Waals surface area contributed by atoms with E-state index in [2.05, 4.69) is 32.1 Å². The number of carbonyl (C=O) groups excluding carboxylic acids is 1. The predicted octanol–water partition coefficient (Wildman–Crippen LogP) is 3.67. The van der Waals surface area contributed by atoms with Crippen molar-refractivity contribution in [2.75, 3.05) is 54.4 Å². The van der Waals surface area contributed by atoms with Gasteiger partial charge in [0.15, 0.2) is 5.13 Å². The van der Waals surface area contributed by atoms with Crippen molar-refractivity contribution in [2.45, 2.75) is 17.7 Å².